The van der Waals surface area contributed by atoms with Crippen LogP contribution in [0.1, 0.15) is 49.0 Å². The van der Waals surface area contributed by atoms with Crippen molar-refractivity contribution in [3.63, 3.8) is 0 Å². The van der Waals surface area contributed by atoms with Gasteiger partial charge in [-0.25, -0.2) is 4.39 Å². The maximum absolute atomic E-state index is 13.7. The number of carbonyl (C=O) groups is 1. The van der Waals surface area contributed by atoms with Gasteiger partial charge in [0.15, 0.2) is 0 Å². The van der Waals surface area contributed by atoms with E-state index in [-0.39, 0.29) is 31.0 Å². The molecule has 0 unspecified atom stereocenters. The number of carboxylic acid groups (broad SMARTS) is 1. The molecule has 1 aliphatic rings. The van der Waals surface area contributed by atoms with Gasteiger partial charge in [-0.15, -0.1) is 0 Å². The lowest BCUT2D eigenvalue weighted by Gasteiger charge is -2.27. The van der Waals surface area contributed by atoms with Crippen LogP contribution in [0.2, 0.25) is 5.02 Å². The highest BCUT2D eigenvalue weighted by Crippen LogP contribution is 2.25. The van der Waals surface area contributed by atoms with Gasteiger partial charge >= 0.3 is 5.97 Å². The van der Waals surface area contributed by atoms with E-state index in [1.807, 2.05) is 31.2 Å². The van der Waals surface area contributed by atoms with E-state index in [1.165, 1.54) is 12.1 Å². The van der Waals surface area contributed by atoms with Crippen molar-refractivity contribution in [1.29, 1.82) is 0 Å². The summed E-state index contributed by atoms with van der Waals surface area (Å²) in [5.41, 5.74) is 2.76. The van der Waals surface area contributed by atoms with Crippen LogP contribution in [-0.4, -0.2) is 52.9 Å². The van der Waals surface area contributed by atoms with Crippen LogP contribution >= 0.6 is 11.6 Å². The van der Waals surface area contributed by atoms with Crippen molar-refractivity contribution in [2.75, 3.05) is 19.7 Å². The molecule has 1 aliphatic heterocycles. The Bertz CT molecular complexity index is 889. The van der Waals surface area contributed by atoms with E-state index >= 15 is 0 Å². The van der Waals surface area contributed by atoms with Crippen LogP contribution in [0.4, 0.5) is 4.39 Å². The summed E-state index contributed by atoms with van der Waals surface area (Å²) < 4.78 is 19.6. The molecule has 0 radical (unpaired) electrons. The van der Waals surface area contributed by atoms with Crippen LogP contribution in [0.3, 0.4) is 0 Å². The van der Waals surface area contributed by atoms with Crippen molar-refractivity contribution in [2.24, 2.45) is 0 Å². The zero-order valence-electron chi connectivity index (χ0n) is 18.3. The van der Waals surface area contributed by atoms with Crippen LogP contribution in [-0.2, 0) is 22.4 Å². The molecule has 1 heterocycles. The number of aryl methyl sites for hydroxylation is 1. The molecule has 2 N–H and O–H groups in total. The van der Waals surface area contributed by atoms with E-state index in [9.17, 15) is 14.3 Å². The van der Waals surface area contributed by atoms with Gasteiger partial charge in [0.2, 0.25) is 0 Å². The first-order valence-electron chi connectivity index (χ1n) is 11.1. The second kappa shape index (κ2) is 11.8. The van der Waals surface area contributed by atoms with Gasteiger partial charge in [0, 0.05) is 24.0 Å². The van der Waals surface area contributed by atoms with Gasteiger partial charge in [0.25, 0.3) is 0 Å². The molecule has 0 saturated carbocycles. The summed E-state index contributed by atoms with van der Waals surface area (Å²) >= 11 is 5.98. The Hall–Kier alpha value is -1.99. The number of nitrogens with zero attached hydrogens (tertiary/aromatic N) is 1. The van der Waals surface area contributed by atoms with Crippen molar-refractivity contribution in [3.8, 4) is 0 Å². The van der Waals surface area contributed by atoms with Crippen LogP contribution in [0.5, 0.6) is 0 Å². The fraction of sp³-hybridized carbons (Fsp3) is 0.480. The highest BCUT2D eigenvalue weighted by Gasteiger charge is 2.27. The summed E-state index contributed by atoms with van der Waals surface area (Å²) in [4.78, 5) is 13.1. The topological polar surface area (TPSA) is 70.0 Å². The van der Waals surface area contributed by atoms with Gasteiger partial charge in [0.05, 0.1) is 18.8 Å². The Morgan fingerprint density at radius 2 is 2.09 bits per heavy atom. The predicted octanol–water partition coefficient (Wildman–Crippen LogP) is 4.64. The zero-order chi connectivity index (χ0) is 23.1. The summed E-state index contributed by atoms with van der Waals surface area (Å²) in [6.45, 7) is 3.47. The molecule has 1 fully saturated rings. The smallest absolute Gasteiger partial charge is 0.303 e. The molecular weight excluding hydrogens is 433 g/mol. The van der Waals surface area contributed by atoms with Gasteiger partial charge in [-0.1, -0.05) is 35.9 Å². The summed E-state index contributed by atoms with van der Waals surface area (Å²) in [7, 11) is 0. The fourth-order valence-electron chi connectivity index (χ4n) is 4.44. The molecule has 0 aliphatic carbocycles. The molecule has 1 saturated heterocycles. The van der Waals surface area contributed by atoms with Crippen LogP contribution in [0.25, 0.3) is 0 Å². The molecule has 3 rings (SSSR count). The van der Waals surface area contributed by atoms with E-state index in [2.05, 4.69) is 4.90 Å². The third-order valence-corrected chi connectivity index (χ3v) is 6.20. The SMILES string of the molecule is C[C@@H](OC[C@H](O)CN1CCC[C@H]1Cc1cc(F)cc(Cl)c1)c1ccccc1CCC(=O)O. The number of hydrogen-bond donors (Lipinski definition) is 2. The number of aliphatic carboxylic acids is 1. The highest BCUT2D eigenvalue weighted by atomic mass is 35.5. The summed E-state index contributed by atoms with van der Waals surface area (Å²) in [6.07, 6.45) is 2.33. The lowest BCUT2D eigenvalue weighted by atomic mass is 9.99. The Kier molecular flexibility index (Phi) is 9.05. The molecule has 2 aromatic carbocycles. The fourth-order valence-corrected chi connectivity index (χ4v) is 4.68. The number of aliphatic hydroxyl groups is 1. The Labute approximate surface area is 193 Å². The van der Waals surface area contributed by atoms with Gasteiger partial charge in [0.1, 0.15) is 5.82 Å². The minimum Gasteiger partial charge on any atom is -0.481 e. The molecule has 0 aromatic heterocycles. The third-order valence-electron chi connectivity index (χ3n) is 5.98. The number of ether oxygens (including phenoxy) is 1. The maximum atomic E-state index is 13.7. The second-order valence-corrected chi connectivity index (χ2v) is 8.93. The first kappa shape index (κ1) is 24.6. The van der Waals surface area contributed by atoms with E-state index in [0.29, 0.717) is 24.4 Å². The maximum Gasteiger partial charge on any atom is 0.303 e. The van der Waals surface area contributed by atoms with Gasteiger partial charge in [-0.2, -0.15) is 0 Å². The lowest BCUT2D eigenvalue weighted by molar-refractivity contribution is -0.136. The van der Waals surface area contributed by atoms with Crippen molar-refractivity contribution in [1.82, 2.24) is 4.90 Å². The van der Waals surface area contributed by atoms with Crippen LogP contribution in [0, 0.1) is 5.82 Å². The minimum absolute atomic E-state index is 0.0687. The van der Waals surface area contributed by atoms with Crippen molar-refractivity contribution >= 4 is 17.6 Å². The van der Waals surface area contributed by atoms with Crippen LogP contribution < -0.4 is 0 Å². The second-order valence-electron chi connectivity index (χ2n) is 8.49. The molecule has 0 amide bonds. The van der Waals surface area contributed by atoms with Gasteiger partial charge in [-0.3, -0.25) is 9.69 Å². The number of hydrogen-bond acceptors (Lipinski definition) is 4. The number of β-amino-alcohol motifs (C(OH)–C–C–N with tert-alkyl or cyclic N) is 1. The first-order chi connectivity index (χ1) is 15.3. The van der Waals surface area contributed by atoms with E-state index in [1.54, 1.807) is 6.07 Å². The minimum atomic E-state index is -0.829. The molecule has 3 atom stereocenters. The molecule has 2 aromatic rings. The Balaban J connectivity index is 1.52. The van der Waals surface area contributed by atoms with E-state index in [0.717, 1.165) is 36.1 Å². The monoisotopic (exact) mass is 463 g/mol. The first-order valence-corrected chi connectivity index (χ1v) is 11.5. The molecule has 5 nitrogen and oxygen atoms in total. The quantitative estimate of drug-likeness (QED) is 0.508. The molecule has 174 valence electrons. The average molecular weight is 464 g/mol. The molecule has 0 spiro atoms. The molecular formula is C25H31ClFNO4. The number of halogens is 2. The molecule has 7 heteroatoms. The van der Waals surface area contributed by atoms with Gasteiger partial charge in [-0.05, 0) is 74.0 Å². The van der Waals surface area contributed by atoms with Crippen LogP contribution in [0.15, 0.2) is 42.5 Å². The number of rotatable bonds is 11. The largest absolute Gasteiger partial charge is 0.481 e. The summed E-state index contributed by atoms with van der Waals surface area (Å²) in [5.74, 6) is -1.16. The van der Waals surface area contributed by atoms with E-state index < -0.39 is 12.1 Å². The highest BCUT2D eigenvalue weighted by molar-refractivity contribution is 6.30. The summed E-state index contributed by atoms with van der Waals surface area (Å²) in [6, 6.07) is 12.5. The van der Waals surface area contributed by atoms with Crippen molar-refractivity contribution in [2.45, 2.75) is 57.3 Å². The molecule has 0 bridgehead atoms. The van der Waals surface area contributed by atoms with Crippen molar-refractivity contribution < 1.29 is 24.1 Å². The average Bonchev–Trinajstić information content (AvgIpc) is 3.16. The number of likely N-dealkylation sites (tertiary alicyclic amines) is 1. The number of carboxylic acids is 1. The normalized spacial score (nSPS) is 18.6. The third kappa shape index (κ3) is 7.27. The Morgan fingerprint density at radius 1 is 1.31 bits per heavy atom. The molecule has 32 heavy (non-hydrogen) atoms. The van der Waals surface area contributed by atoms with E-state index in [4.69, 9.17) is 21.4 Å². The summed E-state index contributed by atoms with van der Waals surface area (Å²) in [5, 5.41) is 20.0. The van der Waals surface area contributed by atoms with Gasteiger partial charge < -0.3 is 14.9 Å². The predicted molar refractivity (Wildman–Crippen MR) is 122 cm³/mol. The lowest BCUT2D eigenvalue weighted by Crippen LogP contribution is -2.39. The number of benzene rings is 2. The number of aliphatic hydroxyl groups excluding tert-OH is 1. The standard InChI is InChI=1S/C25H31ClFNO4/c1-17(24-7-3-2-5-19(24)8-9-25(30)31)32-16-23(29)15-28-10-4-6-22(28)13-18-11-20(26)14-21(27)12-18/h2-3,5,7,11-12,14,17,22-23,29H,4,6,8-10,13,15-16H2,1H3,(H,30,31)/t17-,22+,23-/m1/s1. The Morgan fingerprint density at radius 3 is 2.84 bits per heavy atom. The zero-order valence-corrected chi connectivity index (χ0v) is 19.1. The van der Waals surface area contributed by atoms with Crippen molar-refractivity contribution in [3.05, 3.63) is 70.0 Å².